The van der Waals surface area contributed by atoms with Gasteiger partial charge in [-0.3, -0.25) is 4.79 Å². The number of nitrogens with zero attached hydrogens (tertiary/aromatic N) is 2. The number of ether oxygens (including phenoxy) is 3. The number of rotatable bonds is 10. The molecule has 0 bridgehead atoms. The van der Waals surface area contributed by atoms with E-state index in [1.54, 1.807) is 31.2 Å². The Labute approximate surface area is 214 Å². The molecule has 4 N–H and O–H groups in total. The fraction of sp³-hybridized carbons (Fsp3) is 0.370. The number of hydrogen-bond acceptors (Lipinski definition) is 9. The molecule has 0 radical (unpaired) electrons. The topological polar surface area (TPSA) is 137 Å². The molecule has 10 heteroatoms. The molecule has 1 aliphatic rings. The van der Waals surface area contributed by atoms with Crippen LogP contribution in [0.3, 0.4) is 0 Å². The van der Waals surface area contributed by atoms with Gasteiger partial charge in [0.25, 0.3) is 0 Å². The molecule has 0 fully saturated rings. The van der Waals surface area contributed by atoms with Crippen LogP contribution in [-0.2, 0) is 11.1 Å². The van der Waals surface area contributed by atoms with Gasteiger partial charge in [0, 0.05) is 29.3 Å². The maximum atomic E-state index is 13.4. The van der Waals surface area contributed by atoms with Gasteiger partial charge in [-0.1, -0.05) is 0 Å². The highest BCUT2D eigenvalue weighted by Gasteiger charge is 2.38. The van der Waals surface area contributed by atoms with Crippen molar-refractivity contribution in [3.8, 4) is 28.5 Å². The molecule has 0 saturated carbocycles. The summed E-state index contributed by atoms with van der Waals surface area (Å²) < 4.78 is 30.0. The van der Waals surface area contributed by atoms with Crippen molar-refractivity contribution in [2.24, 2.45) is 5.73 Å². The standard InChI is InChI=1S/C27H30FN3O6/c1-26(29)15-37-25-18(26)13-22(31-24(25)17-5-7-23(28)30-14-17)27(2,34)9-8-19(33)16-4-6-20(36-11-10-32)21(12-16)35-3/h4-7,12-14,32,34H,8-11,15,29H2,1-3H3. The van der Waals surface area contributed by atoms with E-state index in [0.717, 1.165) is 0 Å². The SMILES string of the molecule is COc1cc(C(=O)CCC(C)(O)c2cc3c(c(-c4ccc(F)nc4)n2)OCC3(C)N)ccc1OCCO. The van der Waals surface area contributed by atoms with E-state index in [1.807, 2.05) is 6.92 Å². The summed E-state index contributed by atoms with van der Waals surface area (Å²) in [4.78, 5) is 21.3. The van der Waals surface area contributed by atoms with E-state index in [0.29, 0.717) is 45.3 Å². The van der Waals surface area contributed by atoms with Crippen LogP contribution in [0, 0.1) is 5.95 Å². The molecule has 9 nitrogen and oxygen atoms in total. The molecule has 1 aromatic carbocycles. The maximum absolute atomic E-state index is 13.4. The largest absolute Gasteiger partial charge is 0.493 e. The summed E-state index contributed by atoms with van der Waals surface area (Å²) in [7, 11) is 1.46. The van der Waals surface area contributed by atoms with Crippen LogP contribution in [0.2, 0.25) is 0 Å². The number of aromatic nitrogens is 2. The lowest BCUT2D eigenvalue weighted by atomic mass is 9.88. The summed E-state index contributed by atoms with van der Waals surface area (Å²) in [5.74, 6) is 0.410. The minimum atomic E-state index is -1.49. The van der Waals surface area contributed by atoms with Gasteiger partial charge < -0.3 is 30.2 Å². The minimum absolute atomic E-state index is 0.0234. The Morgan fingerprint density at radius 1 is 1.27 bits per heavy atom. The maximum Gasteiger partial charge on any atom is 0.212 e. The highest BCUT2D eigenvalue weighted by atomic mass is 19.1. The van der Waals surface area contributed by atoms with E-state index in [2.05, 4.69) is 9.97 Å². The lowest BCUT2D eigenvalue weighted by molar-refractivity contribution is 0.0396. The molecular weight excluding hydrogens is 481 g/mol. The summed E-state index contributed by atoms with van der Waals surface area (Å²) in [6.07, 6.45) is 1.44. The minimum Gasteiger partial charge on any atom is -0.493 e. The Morgan fingerprint density at radius 2 is 2.05 bits per heavy atom. The van der Waals surface area contributed by atoms with Crippen molar-refractivity contribution in [3.05, 3.63) is 65.4 Å². The molecule has 4 rings (SSSR count). The summed E-state index contributed by atoms with van der Waals surface area (Å²) in [5, 5.41) is 20.4. The number of hydrogen-bond donors (Lipinski definition) is 3. The Kier molecular flexibility index (Phi) is 7.44. The lowest BCUT2D eigenvalue weighted by Gasteiger charge is -2.25. The zero-order valence-electron chi connectivity index (χ0n) is 21.0. The van der Waals surface area contributed by atoms with Crippen LogP contribution in [0.1, 0.15) is 48.3 Å². The number of pyridine rings is 2. The van der Waals surface area contributed by atoms with Gasteiger partial charge in [-0.15, -0.1) is 0 Å². The van der Waals surface area contributed by atoms with Crippen molar-refractivity contribution >= 4 is 5.78 Å². The number of carbonyl (C=O) groups excluding carboxylic acids is 1. The number of carbonyl (C=O) groups is 1. The molecule has 196 valence electrons. The number of methoxy groups -OCH3 is 1. The van der Waals surface area contributed by atoms with Crippen molar-refractivity contribution in [1.29, 1.82) is 0 Å². The molecule has 0 aliphatic carbocycles. The molecule has 2 aromatic heterocycles. The predicted octanol–water partition coefficient (Wildman–Crippen LogP) is 3.10. The lowest BCUT2D eigenvalue weighted by Crippen LogP contribution is -2.35. The first-order valence-corrected chi connectivity index (χ1v) is 11.8. The van der Waals surface area contributed by atoms with Crippen molar-refractivity contribution in [1.82, 2.24) is 9.97 Å². The van der Waals surface area contributed by atoms with Crippen molar-refractivity contribution in [3.63, 3.8) is 0 Å². The molecule has 0 spiro atoms. The third-order valence-corrected chi connectivity index (χ3v) is 6.33. The van der Waals surface area contributed by atoms with Crippen LogP contribution >= 0.6 is 0 Å². The quantitative estimate of drug-likeness (QED) is 0.277. The van der Waals surface area contributed by atoms with Gasteiger partial charge in [0.1, 0.15) is 24.5 Å². The molecular formula is C27H30FN3O6. The smallest absolute Gasteiger partial charge is 0.212 e. The molecule has 0 amide bonds. The van der Waals surface area contributed by atoms with Crippen LogP contribution < -0.4 is 19.9 Å². The predicted molar refractivity (Wildman–Crippen MR) is 133 cm³/mol. The second kappa shape index (κ2) is 10.4. The van der Waals surface area contributed by atoms with E-state index >= 15 is 0 Å². The highest BCUT2D eigenvalue weighted by molar-refractivity contribution is 5.96. The first-order valence-electron chi connectivity index (χ1n) is 11.8. The molecule has 2 atom stereocenters. The van der Waals surface area contributed by atoms with E-state index in [9.17, 15) is 14.3 Å². The van der Waals surface area contributed by atoms with Crippen molar-refractivity contribution in [2.45, 2.75) is 37.8 Å². The van der Waals surface area contributed by atoms with E-state index in [1.165, 1.54) is 25.4 Å². The Bertz CT molecular complexity index is 1290. The summed E-state index contributed by atoms with van der Waals surface area (Å²) in [6, 6.07) is 9.23. The van der Waals surface area contributed by atoms with Gasteiger partial charge in [0.2, 0.25) is 5.95 Å². The number of aliphatic hydroxyl groups is 2. The molecule has 2 unspecified atom stereocenters. The number of halogens is 1. The van der Waals surface area contributed by atoms with Crippen LogP contribution in [0.15, 0.2) is 42.6 Å². The Balaban J connectivity index is 1.60. The van der Waals surface area contributed by atoms with Gasteiger partial charge in [-0.05, 0) is 56.7 Å². The molecule has 3 heterocycles. The zero-order chi connectivity index (χ0) is 26.8. The second-order valence-electron chi connectivity index (χ2n) is 9.44. The molecule has 1 aliphatic heterocycles. The highest BCUT2D eigenvalue weighted by Crippen LogP contribution is 2.43. The van der Waals surface area contributed by atoms with Crippen molar-refractivity contribution < 1.29 is 33.6 Å². The van der Waals surface area contributed by atoms with Crippen LogP contribution in [-0.4, -0.2) is 52.9 Å². The number of fused-ring (bicyclic) bond motifs is 1. The number of aliphatic hydroxyl groups excluding tert-OH is 1. The average Bonchev–Trinajstić information content (AvgIpc) is 3.20. The zero-order valence-corrected chi connectivity index (χ0v) is 21.0. The van der Waals surface area contributed by atoms with Gasteiger partial charge in [-0.2, -0.15) is 4.39 Å². The fourth-order valence-corrected chi connectivity index (χ4v) is 4.14. The van der Waals surface area contributed by atoms with Gasteiger partial charge in [0.15, 0.2) is 23.0 Å². The van der Waals surface area contributed by atoms with E-state index in [-0.39, 0.29) is 38.4 Å². The monoisotopic (exact) mass is 511 g/mol. The van der Waals surface area contributed by atoms with E-state index in [4.69, 9.17) is 25.1 Å². The normalized spacial score (nSPS) is 18.0. The summed E-state index contributed by atoms with van der Waals surface area (Å²) >= 11 is 0. The van der Waals surface area contributed by atoms with Gasteiger partial charge in [-0.25, -0.2) is 9.97 Å². The Hall–Kier alpha value is -3.60. The number of benzene rings is 1. The number of Topliss-reactive ketones (excluding diaryl/α,β-unsaturated/α-hetero) is 1. The average molecular weight is 512 g/mol. The van der Waals surface area contributed by atoms with Crippen LogP contribution in [0.25, 0.3) is 11.3 Å². The fourth-order valence-electron chi connectivity index (χ4n) is 4.14. The third-order valence-electron chi connectivity index (χ3n) is 6.33. The number of nitrogens with two attached hydrogens (primary N) is 1. The number of ketones is 1. The van der Waals surface area contributed by atoms with Crippen molar-refractivity contribution in [2.75, 3.05) is 26.9 Å². The Morgan fingerprint density at radius 3 is 2.73 bits per heavy atom. The summed E-state index contributed by atoms with van der Waals surface area (Å²) in [5.41, 5.74) is 6.40. The second-order valence-corrected chi connectivity index (χ2v) is 9.44. The summed E-state index contributed by atoms with van der Waals surface area (Å²) in [6.45, 7) is 3.57. The van der Waals surface area contributed by atoms with Crippen LogP contribution in [0.5, 0.6) is 17.2 Å². The van der Waals surface area contributed by atoms with Crippen LogP contribution in [0.4, 0.5) is 4.39 Å². The molecule has 0 saturated heterocycles. The third kappa shape index (κ3) is 5.56. The van der Waals surface area contributed by atoms with E-state index < -0.39 is 17.1 Å². The first kappa shape index (κ1) is 26.5. The molecule has 3 aromatic rings. The van der Waals surface area contributed by atoms with Gasteiger partial charge in [0.05, 0.1) is 24.9 Å². The molecule has 37 heavy (non-hydrogen) atoms. The first-order chi connectivity index (χ1) is 17.6. The van der Waals surface area contributed by atoms with Gasteiger partial charge >= 0.3 is 0 Å².